The maximum Gasteiger partial charge on any atom is 0.291 e. The van der Waals surface area contributed by atoms with E-state index < -0.39 is 11.9 Å². The van der Waals surface area contributed by atoms with Crippen molar-refractivity contribution in [2.45, 2.75) is 30.3 Å². The molecule has 1 N–H and O–H groups in total. The SMILES string of the molecule is CN1C(=O)[C@@H](NC(=O)c2ncn(Cc3ccccc3)n2)CSc2cnc(N3CCCC3)cc21. The molecule has 2 aromatic heterocycles. The Morgan fingerprint density at radius 2 is 1.97 bits per heavy atom. The van der Waals surface area contributed by atoms with Crippen LogP contribution in [0.2, 0.25) is 0 Å². The van der Waals surface area contributed by atoms with E-state index in [1.807, 2.05) is 42.6 Å². The molecule has 3 aromatic rings. The smallest absolute Gasteiger partial charge is 0.291 e. The molecule has 2 aliphatic heterocycles. The van der Waals surface area contributed by atoms with Crippen LogP contribution in [0, 0.1) is 0 Å². The zero-order valence-electron chi connectivity index (χ0n) is 18.3. The van der Waals surface area contributed by atoms with Gasteiger partial charge in [-0.3, -0.25) is 9.59 Å². The normalized spacial score (nSPS) is 18.2. The van der Waals surface area contributed by atoms with Crippen molar-refractivity contribution in [3.8, 4) is 0 Å². The van der Waals surface area contributed by atoms with Crippen molar-refractivity contribution < 1.29 is 9.59 Å². The van der Waals surface area contributed by atoms with Crippen molar-refractivity contribution in [3.05, 3.63) is 60.3 Å². The van der Waals surface area contributed by atoms with Gasteiger partial charge in [-0.2, -0.15) is 0 Å². The van der Waals surface area contributed by atoms with Crippen LogP contribution in [0.5, 0.6) is 0 Å². The number of nitrogens with one attached hydrogen (secondary N) is 1. The number of fused-ring (bicyclic) bond motifs is 1. The van der Waals surface area contributed by atoms with Crippen LogP contribution in [0.25, 0.3) is 0 Å². The fourth-order valence-corrected chi connectivity index (χ4v) is 5.13. The van der Waals surface area contributed by atoms with Crippen molar-refractivity contribution in [3.63, 3.8) is 0 Å². The average Bonchev–Trinajstić information content (AvgIpc) is 3.52. The van der Waals surface area contributed by atoms with E-state index in [-0.39, 0.29) is 11.7 Å². The number of anilines is 2. The molecule has 4 heterocycles. The second-order valence-electron chi connectivity index (χ2n) is 8.19. The highest BCUT2D eigenvalue weighted by Crippen LogP contribution is 2.36. The first kappa shape index (κ1) is 21.4. The highest BCUT2D eigenvalue weighted by Gasteiger charge is 2.31. The molecule has 1 atom stereocenters. The zero-order valence-corrected chi connectivity index (χ0v) is 19.2. The number of aromatic nitrogens is 4. The second-order valence-corrected chi connectivity index (χ2v) is 9.25. The van der Waals surface area contributed by atoms with Crippen molar-refractivity contribution in [1.82, 2.24) is 25.1 Å². The minimum atomic E-state index is -0.684. The summed E-state index contributed by atoms with van der Waals surface area (Å²) in [6.45, 7) is 2.49. The first-order valence-electron chi connectivity index (χ1n) is 11.0. The number of hydrogen-bond donors (Lipinski definition) is 1. The lowest BCUT2D eigenvalue weighted by Gasteiger charge is -2.23. The Bertz CT molecular complexity index is 1160. The fourth-order valence-electron chi connectivity index (χ4n) is 4.08. The Morgan fingerprint density at radius 1 is 1.18 bits per heavy atom. The summed E-state index contributed by atoms with van der Waals surface area (Å²) in [7, 11) is 1.74. The topological polar surface area (TPSA) is 96.2 Å². The number of carbonyl (C=O) groups excluding carboxylic acids is 2. The van der Waals surface area contributed by atoms with Crippen LogP contribution in [0.15, 0.2) is 53.8 Å². The summed E-state index contributed by atoms with van der Waals surface area (Å²) in [5.74, 6) is 0.721. The van der Waals surface area contributed by atoms with Gasteiger partial charge in [0.15, 0.2) is 0 Å². The molecule has 0 aliphatic carbocycles. The van der Waals surface area contributed by atoms with Crippen LogP contribution in [0.1, 0.15) is 29.0 Å². The summed E-state index contributed by atoms with van der Waals surface area (Å²) in [4.78, 5) is 39.5. The molecular weight excluding hydrogens is 438 g/mol. The van der Waals surface area contributed by atoms with Gasteiger partial charge < -0.3 is 15.1 Å². The van der Waals surface area contributed by atoms with Gasteiger partial charge in [-0.1, -0.05) is 30.3 Å². The number of likely N-dealkylation sites (N-methyl/N-ethyl adjacent to an activating group) is 1. The molecule has 0 unspecified atom stereocenters. The molecule has 2 amide bonds. The van der Waals surface area contributed by atoms with E-state index in [1.54, 1.807) is 16.6 Å². The van der Waals surface area contributed by atoms with E-state index in [0.29, 0.717) is 12.3 Å². The Kier molecular flexibility index (Phi) is 5.99. The van der Waals surface area contributed by atoms with E-state index in [0.717, 1.165) is 47.9 Å². The molecule has 0 bridgehead atoms. The van der Waals surface area contributed by atoms with Crippen molar-refractivity contribution in [2.24, 2.45) is 0 Å². The monoisotopic (exact) mass is 463 g/mol. The summed E-state index contributed by atoms with van der Waals surface area (Å²) in [5, 5.41) is 7.10. The van der Waals surface area contributed by atoms with Gasteiger partial charge in [0.25, 0.3) is 5.91 Å². The van der Waals surface area contributed by atoms with Crippen molar-refractivity contribution in [2.75, 3.05) is 35.7 Å². The first-order chi connectivity index (χ1) is 16.1. The lowest BCUT2D eigenvalue weighted by atomic mass is 10.2. The largest absolute Gasteiger partial charge is 0.357 e. The number of hydrogen-bond acceptors (Lipinski definition) is 7. The summed E-state index contributed by atoms with van der Waals surface area (Å²) in [5.41, 5.74) is 1.88. The van der Waals surface area contributed by atoms with Gasteiger partial charge in [0, 0.05) is 43.0 Å². The predicted octanol–water partition coefficient (Wildman–Crippen LogP) is 2.19. The number of nitrogens with zero attached hydrogens (tertiary/aromatic N) is 6. The third-order valence-corrected chi connectivity index (χ3v) is 7.02. The van der Waals surface area contributed by atoms with Gasteiger partial charge in [-0.05, 0) is 18.4 Å². The van der Waals surface area contributed by atoms with E-state index in [1.165, 1.54) is 18.1 Å². The zero-order chi connectivity index (χ0) is 22.8. The number of amides is 2. The summed E-state index contributed by atoms with van der Waals surface area (Å²) < 4.78 is 1.61. The Hall–Kier alpha value is -3.40. The molecule has 5 rings (SSSR count). The maximum absolute atomic E-state index is 13.2. The molecule has 33 heavy (non-hydrogen) atoms. The fraction of sp³-hybridized carbons (Fsp3) is 0.348. The lowest BCUT2D eigenvalue weighted by Crippen LogP contribution is -2.48. The number of carbonyl (C=O) groups is 2. The van der Waals surface area contributed by atoms with Gasteiger partial charge in [-0.15, -0.1) is 16.9 Å². The molecule has 10 heteroatoms. The van der Waals surface area contributed by atoms with Crippen LogP contribution >= 0.6 is 11.8 Å². The van der Waals surface area contributed by atoms with E-state index >= 15 is 0 Å². The molecule has 170 valence electrons. The summed E-state index contributed by atoms with van der Waals surface area (Å²) in [6.07, 6.45) is 5.67. The van der Waals surface area contributed by atoms with Gasteiger partial charge in [0.1, 0.15) is 18.2 Å². The maximum atomic E-state index is 13.2. The molecule has 2 aliphatic rings. The van der Waals surface area contributed by atoms with Crippen molar-refractivity contribution in [1.29, 1.82) is 0 Å². The van der Waals surface area contributed by atoms with E-state index in [9.17, 15) is 9.59 Å². The molecule has 1 saturated heterocycles. The number of rotatable bonds is 5. The minimum absolute atomic E-state index is 0.0473. The Balaban J connectivity index is 1.27. The van der Waals surface area contributed by atoms with Crippen LogP contribution in [0.3, 0.4) is 0 Å². The van der Waals surface area contributed by atoms with Gasteiger partial charge in [0.05, 0.1) is 12.2 Å². The Morgan fingerprint density at radius 3 is 2.76 bits per heavy atom. The lowest BCUT2D eigenvalue weighted by molar-refractivity contribution is -0.119. The standard InChI is InChI=1S/C23H25N7O2S/c1-28-18-11-20(29-9-5-6-10-29)24-12-19(18)33-14-17(23(28)32)26-22(31)21-25-15-30(27-21)13-16-7-3-2-4-8-16/h2-4,7-8,11-12,15,17H,5-6,9-10,13-14H2,1H3,(H,26,31)/t17-/m0/s1. The number of thioether (sulfide) groups is 1. The molecule has 1 aromatic carbocycles. The van der Waals surface area contributed by atoms with Crippen LogP contribution in [0.4, 0.5) is 11.5 Å². The second kappa shape index (κ2) is 9.22. The van der Waals surface area contributed by atoms with Gasteiger partial charge in [0.2, 0.25) is 11.7 Å². The summed E-state index contributed by atoms with van der Waals surface area (Å²) >= 11 is 1.52. The van der Waals surface area contributed by atoms with Crippen LogP contribution in [-0.2, 0) is 11.3 Å². The van der Waals surface area contributed by atoms with E-state index in [2.05, 4.69) is 25.3 Å². The molecule has 0 radical (unpaired) electrons. The molecule has 9 nitrogen and oxygen atoms in total. The number of benzene rings is 1. The first-order valence-corrected chi connectivity index (χ1v) is 12.0. The quantitative estimate of drug-likeness (QED) is 0.620. The average molecular weight is 464 g/mol. The van der Waals surface area contributed by atoms with Crippen molar-refractivity contribution >= 4 is 35.1 Å². The number of pyridine rings is 1. The van der Waals surface area contributed by atoms with E-state index in [4.69, 9.17) is 0 Å². The van der Waals surface area contributed by atoms with Crippen LogP contribution in [-0.4, -0.2) is 63.5 Å². The predicted molar refractivity (Wildman–Crippen MR) is 127 cm³/mol. The molecule has 1 fully saturated rings. The molecule has 0 saturated carbocycles. The highest BCUT2D eigenvalue weighted by molar-refractivity contribution is 7.99. The molecule has 0 spiro atoms. The highest BCUT2D eigenvalue weighted by atomic mass is 32.2. The third-order valence-electron chi connectivity index (χ3n) is 5.89. The minimum Gasteiger partial charge on any atom is -0.357 e. The van der Waals surface area contributed by atoms with Crippen LogP contribution < -0.4 is 15.1 Å². The Labute approximate surface area is 196 Å². The van der Waals surface area contributed by atoms with Gasteiger partial charge in [-0.25, -0.2) is 14.6 Å². The summed E-state index contributed by atoms with van der Waals surface area (Å²) in [6, 6.07) is 11.1. The van der Waals surface area contributed by atoms with Gasteiger partial charge >= 0.3 is 0 Å². The molecular formula is C23H25N7O2S. The third kappa shape index (κ3) is 4.56.